The van der Waals surface area contributed by atoms with Gasteiger partial charge in [-0.1, -0.05) is 26.2 Å². The molecule has 0 atom stereocenters. The van der Waals surface area contributed by atoms with E-state index in [-0.39, 0.29) is 5.41 Å². The van der Waals surface area contributed by atoms with E-state index in [0.29, 0.717) is 19.8 Å². The van der Waals surface area contributed by atoms with Crippen LogP contribution in [0.3, 0.4) is 0 Å². The first-order chi connectivity index (χ1) is 10.2. The molecule has 21 heavy (non-hydrogen) atoms. The van der Waals surface area contributed by atoms with Crippen molar-refractivity contribution >= 4 is 15.9 Å². The van der Waals surface area contributed by atoms with Crippen molar-refractivity contribution in [3.63, 3.8) is 0 Å². The fourth-order valence-electron chi connectivity index (χ4n) is 3.86. The number of fused-ring (bicyclic) bond motifs is 1. The van der Waals surface area contributed by atoms with Crippen molar-refractivity contribution in [3.8, 4) is 11.5 Å². The summed E-state index contributed by atoms with van der Waals surface area (Å²) < 4.78 is 12.8. The molecule has 3 nitrogen and oxygen atoms in total. The predicted octanol–water partition coefficient (Wildman–Crippen LogP) is 3.94. The molecule has 0 unspecified atom stereocenters. The van der Waals surface area contributed by atoms with Crippen molar-refractivity contribution in [3.05, 3.63) is 21.7 Å². The van der Waals surface area contributed by atoms with Crippen LogP contribution in [-0.4, -0.2) is 19.8 Å². The van der Waals surface area contributed by atoms with Crippen LogP contribution >= 0.6 is 15.9 Å². The van der Waals surface area contributed by atoms with Crippen LogP contribution in [0.15, 0.2) is 10.5 Å². The smallest absolute Gasteiger partial charge is 0.175 e. The minimum atomic E-state index is 0.113. The molecule has 1 aromatic rings. The lowest BCUT2D eigenvalue weighted by atomic mass is 9.67. The second kappa shape index (κ2) is 6.17. The largest absolute Gasteiger partial charge is 0.486 e. The normalized spacial score (nSPS) is 20.3. The maximum absolute atomic E-state index is 6.23. The molecule has 3 rings (SSSR count). The van der Waals surface area contributed by atoms with Gasteiger partial charge < -0.3 is 15.2 Å². The van der Waals surface area contributed by atoms with Crippen LogP contribution in [-0.2, 0) is 11.8 Å². The number of hydrogen-bond donors (Lipinski definition) is 1. The van der Waals surface area contributed by atoms with Crippen LogP contribution in [0, 0.1) is 0 Å². The molecule has 1 aromatic carbocycles. The summed E-state index contributed by atoms with van der Waals surface area (Å²) in [6.07, 6.45) is 7.19. The van der Waals surface area contributed by atoms with Crippen LogP contribution in [0.1, 0.15) is 50.2 Å². The van der Waals surface area contributed by atoms with E-state index >= 15 is 0 Å². The van der Waals surface area contributed by atoms with E-state index in [1.165, 1.54) is 43.2 Å². The zero-order chi connectivity index (χ0) is 14.9. The van der Waals surface area contributed by atoms with Gasteiger partial charge in [-0.15, -0.1) is 0 Å². The molecule has 1 aliphatic carbocycles. The third-order valence-corrected chi connectivity index (χ3v) is 5.58. The number of ether oxygens (including phenoxy) is 2. The molecule has 1 heterocycles. The molecule has 1 fully saturated rings. The van der Waals surface area contributed by atoms with E-state index in [1.54, 1.807) is 0 Å². The SMILES string of the molecule is CCc1c(C2(CN)CCCCC2)cc(Br)c2c1OCCO2. The Balaban J connectivity index is 2.15. The van der Waals surface area contributed by atoms with E-state index in [0.717, 1.165) is 22.4 Å². The highest BCUT2D eigenvalue weighted by Crippen LogP contribution is 2.48. The Kier molecular flexibility index (Phi) is 4.46. The third kappa shape index (κ3) is 2.57. The number of rotatable bonds is 3. The third-order valence-electron chi connectivity index (χ3n) is 5.00. The number of halogens is 1. The highest BCUT2D eigenvalue weighted by Gasteiger charge is 2.36. The van der Waals surface area contributed by atoms with Gasteiger partial charge in [-0.05, 0) is 46.8 Å². The fraction of sp³-hybridized carbons (Fsp3) is 0.647. The Bertz CT molecular complexity index is 524. The van der Waals surface area contributed by atoms with E-state index in [2.05, 4.69) is 28.9 Å². The van der Waals surface area contributed by atoms with Crippen LogP contribution in [0.5, 0.6) is 11.5 Å². The van der Waals surface area contributed by atoms with Gasteiger partial charge in [0, 0.05) is 17.5 Å². The first-order valence-corrected chi connectivity index (χ1v) is 8.82. The molecular weight excluding hydrogens is 330 g/mol. The lowest BCUT2D eigenvalue weighted by molar-refractivity contribution is 0.167. The van der Waals surface area contributed by atoms with Crippen molar-refractivity contribution < 1.29 is 9.47 Å². The van der Waals surface area contributed by atoms with E-state index in [1.807, 2.05) is 0 Å². The maximum Gasteiger partial charge on any atom is 0.175 e. The average molecular weight is 354 g/mol. The van der Waals surface area contributed by atoms with Crippen molar-refractivity contribution in [1.29, 1.82) is 0 Å². The van der Waals surface area contributed by atoms with Gasteiger partial charge in [-0.25, -0.2) is 0 Å². The van der Waals surface area contributed by atoms with Gasteiger partial charge in [-0.2, -0.15) is 0 Å². The summed E-state index contributed by atoms with van der Waals surface area (Å²) in [5.41, 5.74) is 9.02. The van der Waals surface area contributed by atoms with Crippen molar-refractivity contribution in [2.75, 3.05) is 19.8 Å². The molecule has 0 spiro atoms. The Morgan fingerprint density at radius 2 is 1.81 bits per heavy atom. The number of nitrogens with two attached hydrogens (primary N) is 1. The molecule has 116 valence electrons. The van der Waals surface area contributed by atoms with Crippen LogP contribution in [0.4, 0.5) is 0 Å². The molecule has 2 N–H and O–H groups in total. The van der Waals surface area contributed by atoms with E-state index in [4.69, 9.17) is 15.2 Å². The topological polar surface area (TPSA) is 44.5 Å². The monoisotopic (exact) mass is 353 g/mol. The summed E-state index contributed by atoms with van der Waals surface area (Å²) >= 11 is 3.67. The number of hydrogen-bond acceptors (Lipinski definition) is 3. The van der Waals surface area contributed by atoms with Gasteiger partial charge in [0.2, 0.25) is 0 Å². The average Bonchev–Trinajstić information content (AvgIpc) is 2.55. The lowest BCUT2D eigenvalue weighted by Crippen LogP contribution is -2.38. The fourth-order valence-corrected chi connectivity index (χ4v) is 4.38. The van der Waals surface area contributed by atoms with Crippen LogP contribution in [0.25, 0.3) is 0 Å². The molecule has 1 aliphatic heterocycles. The van der Waals surface area contributed by atoms with Gasteiger partial charge >= 0.3 is 0 Å². The molecular formula is C17H24BrNO2. The summed E-state index contributed by atoms with van der Waals surface area (Å²) in [6, 6.07) is 2.24. The minimum Gasteiger partial charge on any atom is -0.486 e. The summed E-state index contributed by atoms with van der Waals surface area (Å²) in [7, 11) is 0. The molecule has 0 radical (unpaired) electrons. The minimum absolute atomic E-state index is 0.113. The number of benzene rings is 1. The summed E-state index contributed by atoms with van der Waals surface area (Å²) in [6.45, 7) is 4.16. The highest BCUT2D eigenvalue weighted by molar-refractivity contribution is 9.10. The molecule has 0 aromatic heterocycles. The zero-order valence-electron chi connectivity index (χ0n) is 12.7. The van der Waals surface area contributed by atoms with E-state index in [9.17, 15) is 0 Å². The predicted molar refractivity (Wildman–Crippen MR) is 88.3 cm³/mol. The van der Waals surface area contributed by atoms with Gasteiger partial charge in [0.1, 0.15) is 13.2 Å². The molecule has 4 heteroatoms. The Labute approximate surface area is 135 Å². The first-order valence-electron chi connectivity index (χ1n) is 8.03. The zero-order valence-corrected chi connectivity index (χ0v) is 14.3. The molecule has 0 bridgehead atoms. The molecule has 1 saturated carbocycles. The first kappa shape index (κ1) is 15.2. The van der Waals surface area contributed by atoms with Gasteiger partial charge in [0.05, 0.1) is 4.47 Å². The Hall–Kier alpha value is -0.740. The van der Waals surface area contributed by atoms with Gasteiger partial charge in [0.15, 0.2) is 11.5 Å². The summed E-state index contributed by atoms with van der Waals surface area (Å²) in [5.74, 6) is 1.80. The van der Waals surface area contributed by atoms with Crippen LogP contribution < -0.4 is 15.2 Å². The standard InChI is InChI=1S/C17H24BrNO2/c1-2-12-13(17(11-19)6-4-3-5-7-17)10-14(18)16-15(12)20-8-9-21-16/h10H,2-9,11,19H2,1H3. The lowest BCUT2D eigenvalue weighted by Gasteiger charge is -2.39. The van der Waals surface area contributed by atoms with Gasteiger partial charge in [0.25, 0.3) is 0 Å². The van der Waals surface area contributed by atoms with E-state index < -0.39 is 0 Å². The highest BCUT2D eigenvalue weighted by atomic mass is 79.9. The quantitative estimate of drug-likeness (QED) is 0.894. The van der Waals surface area contributed by atoms with Crippen molar-refractivity contribution in [2.45, 2.75) is 50.9 Å². The Morgan fingerprint density at radius 3 is 2.43 bits per heavy atom. The molecule has 0 saturated heterocycles. The second-order valence-electron chi connectivity index (χ2n) is 6.14. The van der Waals surface area contributed by atoms with Gasteiger partial charge in [-0.3, -0.25) is 0 Å². The second-order valence-corrected chi connectivity index (χ2v) is 6.99. The summed E-state index contributed by atoms with van der Waals surface area (Å²) in [4.78, 5) is 0. The molecule has 0 amide bonds. The van der Waals surface area contributed by atoms with Crippen LogP contribution in [0.2, 0.25) is 0 Å². The molecule has 2 aliphatic rings. The maximum atomic E-state index is 6.23. The van der Waals surface area contributed by atoms with Crippen molar-refractivity contribution in [2.24, 2.45) is 5.73 Å². The summed E-state index contributed by atoms with van der Waals surface area (Å²) in [5, 5.41) is 0. The van der Waals surface area contributed by atoms with Crippen molar-refractivity contribution in [1.82, 2.24) is 0 Å². The Morgan fingerprint density at radius 1 is 1.14 bits per heavy atom.